The molecule has 8 nitrogen and oxygen atoms in total. The Bertz CT molecular complexity index is 978. The van der Waals surface area contributed by atoms with Crippen LogP contribution in [0.5, 0.6) is 0 Å². The molecule has 0 atom stereocenters. The number of nitrogens with one attached hydrogen (secondary N) is 2. The fourth-order valence-electron chi connectivity index (χ4n) is 1.86. The number of hydrogen-bond acceptors (Lipinski definition) is 6. The van der Waals surface area contributed by atoms with Crippen LogP contribution in [0.1, 0.15) is 5.56 Å². The van der Waals surface area contributed by atoms with Crippen LogP contribution in [-0.4, -0.2) is 23.9 Å². The van der Waals surface area contributed by atoms with Gasteiger partial charge in [-0.05, 0) is 36.8 Å². The van der Waals surface area contributed by atoms with Crippen LogP contribution in [0.3, 0.4) is 0 Å². The Hall–Kier alpha value is -3.22. The first kappa shape index (κ1) is 18.1. The molecule has 1 heterocycles. The summed E-state index contributed by atoms with van der Waals surface area (Å²) in [6.45, 7) is 1.82. The number of nitrogens with zero attached hydrogens (tertiary/aromatic N) is 2. The van der Waals surface area contributed by atoms with E-state index in [-0.39, 0.29) is 16.2 Å². The van der Waals surface area contributed by atoms with E-state index in [0.717, 1.165) is 11.6 Å². The highest BCUT2D eigenvalue weighted by Gasteiger charge is 2.13. The first-order chi connectivity index (χ1) is 11.8. The first-order valence-corrected chi connectivity index (χ1v) is 8.42. The Balaban J connectivity index is 2.17. The van der Waals surface area contributed by atoms with Crippen molar-refractivity contribution in [2.75, 3.05) is 10.6 Å². The monoisotopic (exact) mass is 358 g/mol. The number of hydrogen-bond donors (Lipinski definition) is 3. The average Bonchev–Trinajstić information content (AvgIpc) is 2.56. The lowest BCUT2D eigenvalue weighted by Gasteiger charge is -2.07. The molecule has 0 saturated heterocycles. The second kappa shape index (κ2) is 7.57. The molecule has 2 aromatic rings. The van der Waals surface area contributed by atoms with Crippen molar-refractivity contribution in [1.29, 1.82) is 5.26 Å². The SMILES string of the molecule is Cc1cccnc1N/C=C(/C#N)C(=O)Nc1cccc(S(=O)(=O)O)c1. The van der Waals surface area contributed by atoms with Crippen molar-refractivity contribution in [3.05, 3.63) is 59.9 Å². The van der Waals surface area contributed by atoms with Gasteiger partial charge in [0.05, 0.1) is 4.90 Å². The van der Waals surface area contributed by atoms with Crippen LogP contribution in [0.15, 0.2) is 59.3 Å². The van der Waals surface area contributed by atoms with Gasteiger partial charge in [0, 0.05) is 18.1 Å². The van der Waals surface area contributed by atoms with E-state index in [1.807, 2.05) is 13.0 Å². The third kappa shape index (κ3) is 4.87. The minimum absolute atomic E-state index is 0.121. The Morgan fingerprint density at radius 3 is 2.72 bits per heavy atom. The molecular weight excluding hydrogens is 344 g/mol. The highest BCUT2D eigenvalue weighted by atomic mass is 32.2. The third-order valence-electron chi connectivity index (χ3n) is 3.12. The van der Waals surface area contributed by atoms with E-state index in [0.29, 0.717) is 5.82 Å². The van der Waals surface area contributed by atoms with Gasteiger partial charge < -0.3 is 10.6 Å². The Labute approximate surface area is 144 Å². The maximum absolute atomic E-state index is 12.1. The van der Waals surface area contributed by atoms with Gasteiger partial charge in [0.2, 0.25) is 0 Å². The van der Waals surface area contributed by atoms with E-state index < -0.39 is 16.0 Å². The summed E-state index contributed by atoms with van der Waals surface area (Å²) in [6, 6.07) is 10.4. The van der Waals surface area contributed by atoms with Gasteiger partial charge in [-0.2, -0.15) is 13.7 Å². The van der Waals surface area contributed by atoms with E-state index in [1.54, 1.807) is 18.3 Å². The van der Waals surface area contributed by atoms with E-state index in [2.05, 4.69) is 15.6 Å². The van der Waals surface area contributed by atoms with Gasteiger partial charge in [-0.15, -0.1) is 0 Å². The van der Waals surface area contributed by atoms with Gasteiger partial charge in [-0.1, -0.05) is 12.1 Å². The molecule has 1 aromatic heterocycles. The van der Waals surface area contributed by atoms with Gasteiger partial charge in [0.25, 0.3) is 16.0 Å². The summed E-state index contributed by atoms with van der Waals surface area (Å²) >= 11 is 0. The fourth-order valence-corrected chi connectivity index (χ4v) is 2.39. The molecule has 128 valence electrons. The fraction of sp³-hybridized carbons (Fsp3) is 0.0625. The van der Waals surface area contributed by atoms with Crippen LogP contribution in [0.25, 0.3) is 0 Å². The van der Waals surface area contributed by atoms with Gasteiger partial charge >= 0.3 is 0 Å². The molecule has 0 spiro atoms. The molecule has 3 N–H and O–H groups in total. The van der Waals surface area contributed by atoms with Crippen LogP contribution in [0, 0.1) is 18.3 Å². The van der Waals surface area contributed by atoms with Gasteiger partial charge in [0.1, 0.15) is 17.5 Å². The number of pyridine rings is 1. The zero-order valence-electron chi connectivity index (χ0n) is 13.1. The number of carbonyl (C=O) groups is 1. The second-order valence-electron chi connectivity index (χ2n) is 4.94. The topological polar surface area (TPSA) is 132 Å². The normalized spacial score (nSPS) is 11.5. The number of rotatable bonds is 5. The summed E-state index contributed by atoms with van der Waals surface area (Å²) in [5.41, 5.74) is 0.718. The molecule has 1 amide bonds. The molecule has 0 aliphatic heterocycles. The molecule has 25 heavy (non-hydrogen) atoms. The van der Waals surface area contributed by atoms with Crippen molar-refractivity contribution < 1.29 is 17.8 Å². The average molecular weight is 358 g/mol. The largest absolute Gasteiger partial charge is 0.345 e. The van der Waals surface area contributed by atoms with Crippen molar-refractivity contribution in [2.45, 2.75) is 11.8 Å². The van der Waals surface area contributed by atoms with E-state index in [9.17, 15) is 13.2 Å². The van der Waals surface area contributed by atoms with Crippen LogP contribution in [0.4, 0.5) is 11.5 Å². The van der Waals surface area contributed by atoms with Crippen LogP contribution in [-0.2, 0) is 14.9 Å². The minimum Gasteiger partial charge on any atom is -0.345 e. The lowest BCUT2D eigenvalue weighted by Crippen LogP contribution is -2.15. The second-order valence-corrected chi connectivity index (χ2v) is 6.36. The first-order valence-electron chi connectivity index (χ1n) is 6.98. The van der Waals surface area contributed by atoms with Crippen molar-refractivity contribution in [3.8, 4) is 6.07 Å². The summed E-state index contributed by atoms with van der Waals surface area (Å²) in [5.74, 6) is -0.243. The zero-order chi connectivity index (χ0) is 18.4. The van der Waals surface area contributed by atoms with Crippen molar-refractivity contribution >= 4 is 27.5 Å². The Morgan fingerprint density at radius 1 is 1.32 bits per heavy atom. The highest BCUT2D eigenvalue weighted by Crippen LogP contribution is 2.16. The lowest BCUT2D eigenvalue weighted by molar-refractivity contribution is -0.112. The molecule has 0 unspecified atom stereocenters. The van der Waals surface area contributed by atoms with E-state index in [1.165, 1.54) is 24.4 Å². The van der Waals surface area contributed by atoms with Crippen molar-refractivity contribution in [3.63, 3.8) is 0 Å². The number of carbonyl (C=O) groups excluding carboxylic acids is 1. The minimum atomic E-state index is -4.39. The van der Waals surface area contributed by atoms with E-state index in [4.69, 9.17) is 9.81 Å². The molecule has 0 saturated carbocycles. The summed E-state index contributed by atoms with van der Waals surface area (Å²) in [7, 11) is -4.39. The summed E-state index contributed by atoms with van der Waals surface area (Å²) in [6.07, 6.45) is 2.77. The predicted molar refractivity (Wildman–Crippen MR) is 91.2 cm³/mol. The number of nitriles is 1. The molecule has 1 aromatic carbocycles. The Morgan fingerprint density at radius 2 is 2.08 bits per heavy atom. The van der Waals surface area contributed by atoms with Gasteiger partial charge in [0.15, 0.2) is 0 Å². The maximum Gasteiger partial charge on any atom is 0.294 e. The molecule has 0 radical (unpaired) electrons. The molecule has 0 bridgehead atoms. The van der Waals surface area contributed by atoms with Crippen molar-refractivity contribution in [2.24, 2.45) is 0 Å². The third-order valence-corrected chi connectivity index (χ3v) is 3.97. The number of benzene rings is 1. The zero-order valence-corrected chi connectivity index (χ0v) is 13.9. The molecule has 0 fully saturated rings. The summed E-state index contributed by atoms with van der Waals surface area (Å²) in [5, 5.41) is 14.3. The highest BCUT2D eigenvalue weighted by molar-refractivity contribution is 7.85. The van der Waals surface area contributed by atoms with Crippen LogP contribution in [0.2, 0.25) is 0 Å². The van der Waals surface area contributed by atoms with Gasteiger partial charge in [-0.3, -0.25) is 9.35 Å². The Kier molecular flexibility index (Phi) is 5.49. The lowest BCUT2D eigenvalue weighted by atomic mass is 10.2. The number of aryl methyl sites for hydroxylation is 1. The quantitative estimate of drug-likeness (QED) is 0.423. The summed E-state index contributed by atoms with van der Waals surface area (Å²) < 4.78 is 31.2. The number of anilines is 2. The molecular formula is C16H14N4O4S. The molecule has 9 heteroatoms. The number of amides is 1. The predicted octanol–water partition coefficient (Wildman–Crippen LogP) is 2.09. The number of aromatic nitrogens is 1. The van der Waals surface area contributed by atoms with Crippen LogP contribution < -0.4 is 10.6 Å². The maximum atomic E-state index is 12.1. The molecule has 2 rings (SSSR count). The smallest absolute Gasteiger partial charge is 0.294 e. The standard InChI is InChI=1S/C16H14N4O4S/c1-11-4-3-7-18-15(11)19-10-12(9-17)16(21)20-13-5-2-6-14(8-13)25(22,23)24/h2-8,10H,1H3,(H,18,19)(H,20,21)(H,22,23,24)/b12-10-. The summed E-state index contributed by atoms with van der Waals surface area (Å²) in [4.78, 5) is 15.8. The molecule has 0 aliphatic rings. The van der Waals surface area contributed by atoms with E-state index >= 15 is 0 Å². The van der Waals surface area contributed by atoms with Crippen LogP contribution >= 0.6 is 0 Å². The molecule has 0 aliphatic carbocycles. The van der Waals surface area contributed by atoms with Gasteiger partial charge in [-0.25, -0.2) is 4.98 Å². The van der Waals surface area contributed by atoms with Crippen molar-refractivity contribution in [1.82, 2.24) is 4.98 Å².